The van der Waals surface area contributed by atoms with Gasteiger partial charge in [-0.1, -0.05) is 23.7 Å². The van der Waals surface area contributed by atoms with Crippen molar-refractivity contribution in [3.8, 4) is 0 Å². The van der Waals surface area contributed by atoms with E-state index >= 15 is 0 Å². The van der Waals surface area contributed by atoms with Crippen LogP contribution in [-0.2, 0) is 4.79 Å². The van der Waals surface area contributed by atoms with Crippen LogP contribution in [-0.4, -0.2) is 53.5 Å². The molecule has 0 spiro atoms. The molecule has 0 atom stereocenters. The molecule has 0 aliphatic carbocycles. The molecule has 2 N–H and O–H groups in total. The Morgan fingerprint density at radius 3 is 2.66 bits per heavy atom. The zero-order valence-corrected chi connectivity index (χ0v) is 18.8. The van der Waals surface area contributed by atoms with Crippen molar-refractivity contribution in [1.29, 1.82) is 0 Å². The van der Waals surface area contributed by atoms with Crippen LogP contribution in [0.1, 0.15) is 6.42 Å². The Balaban J connectivity index is 1.51. The number of halogens is 3. The van der Waals surface area contributed by atoms with Crippen molar-refractivity contribution >= 4 is 62.1 Å². The molecule has 0 radical (unpaired) electrons. The standard InChI is InChI=1S/C20H21BrClFN4OS/c21-15-12-14(23)6-7-17(15)25-20(29)27-9-3-8-26(10-11-27)13-19(28)24-18-5-2-1-4-16(18)22/h1-2,4-7,12H,3,8-11,13H2,(H,24,28)(H,25,29). The summed E-state index contributed by atoms with van der Waals surface area (Å²) >= 11 is 15.0. The molecule has 1 heterocycles. The van der Waals surface area contributed by atoms with E-state index in [0.717, 1.165) is 25.2 Å². The van der Waals surface area contributed by atoms with E-state index in [1.807, 2.05) is 12.1 Å². The summed E-state index contributed by atoms with van der Waals surface area (Å²) in [5.41, 5.74) is 1.34. The topological polar surface area (TPSA) is 47.6 Å². The highest BCUT2D eigenvalue weighted by molar-refractivity contribution is 9.10. The average Bonchev–Trinajstić information content (AvgIpc) is 2.91. The maximum atomic E-state index is 13.3. The van der Waals surface area contributed by atoms with Crippen LogP contribution in [0.25, 0.3) is 0 Å². The number of para-hydroxylation sites is 1. The number of nitrogens with zero attached hydrogens (tertiary/aromatic N) is 2. The molecular formula is C20H21BrClFN4OS. The Morgan fingerprint density at radius 1 is 1.10 bits per heavy atom. The normalized spacial score (nSPS) is 14.9. The van der Waals surface area contributed by atoms with E-state index < -0.39 is 0 Å². The first-order valence-corrected chi connectivity index (χ1v) is 10.8. The first kappa shape index (κ1) is 22.0. The third-order valence-corrected chi connectivity index (χ3v) is 5.91. The summed E-state index contributed by atoms with van der Waals surface area (Å²) in [6.07, 6.45) is 0.881. The van der Waals surface area contributed by atoms with Gasteiger partial charge in [-0.2, -0.15) is 0 Å². The number of hydrogen-bond donors (Lipinski definition) is 2. The Morgan fingerprint density at radius 2 is 1.90 bits per heavy atom. The molecule has 0 aromatic heterocycles. The number of hydrogen-bond acceptors (Lipinski definition) is 3. The molecule has 154 valence electrons. The van der Waals surface area contributed by atoms with Crippen LogP contribution in [0.4, 0.5) is 15.8 Å². The summed E-state index contributed by atoms with van der Waals surface area (Å²) in [5.74, 6) is -0.406. The number of amides is 1. The van der Waals surface area contributed by atoms with Gasteiger partial charge in [0, 0.05) is 30.7 Å². The second-order valence-corrected chi connectivity index (χ2v) is 8.35. The molecular weight excluding hydrogens is 479 g/mol. The van der Waals surface area contributed by atoms with Gasteiger partial charge in [-0.15, -0.1) is 0 Å². The van der Waals surface area contributed by atoms with Gasteiger partial charge in [0.1, 0.15) is 5.82 Å². The van der Waals surface area contributed by atoms with E-state index in [9.17, 15) is 9.18 Å². The summed E-state index contributed by atoms with van der Waals surface area (Å²) in [4.78, 5) is 16.5. The van der Waals surface area contributed by atoms with Gasteiger partial charge in [-0.3, -0.25) is 9.69 Å². The third kappa shape index (κ3) is 6.37. The minimum atomic E-state index is -0.311. The number of nitrogens with one attached hydrogen (secondary N) is 2. The second kappa shape index (κ2) is 10.3. The van der Waals surface area contributed by atoms with Gasteiger partial charge in [0.05, 0.1) is 22.9 Å². The fourth-order valence-corrected chi connectivity index (χ4v) is 4.00. The van der Waals surface area contributed by atoms with Crippen LogP contribution >= 0.6 is 39.7 Å². The summed E-state index contributed by atoms with van der Waals surface area (Å²) in [7, 11) is 0. The van der Waals surface area contributed by atoms with Gasteiger partial charge in [0.15, 0.2) is 5.11 Å². The van der Waals surface area contributed by atoms with E-state index in [1.54, 1.807) is 18.2 Å². The van der Waals surface area contributed by atoms with Gasteiger partial charge >= 0.3 is 0 Å². The molecule has 2 aromatic carbocycles. The summed E-state index contributed by atoms with van der Waals surface area (Å²) in [6, 6.07) is 11.6. The maximum Gasteiger partial charge on any atom is 0.238 e. The average molecular weight is 500 g/mol. The lowest BCUT2D eigenvalue weighted by atomic mass is 10.3. The number of benzene rings is 2. The van der Waals surface area contributed by atoms with Crippen LogP contribution in [0.3, 0.4) is 0 Å². The van der Waals surface area contributed by atoms with Crippen LogP contribution in [0, 0.1) is 5.82 Å². The lowest BCUT2D eigenvalue weighted by molar-refractivity contribution is -0.117. The largest absolute Gasteiger partial charge is 0.348 e. The predicted octanol–water partition coefficient (Wildman–Crippen LogP) is 4.58. The highest BCUT2D eigenvalue weighted by Gasteiger charge is 2.19. The molecule has 2 aromatic rings. The van der Waals surface area contributed by atoms with Crippen LogP contribution in [0.2, 0.25) is 5.02 Å². The van der Waals surface area contributed by atoms with E-state index in [0.29, 0.717) is 39.9 Å². The van der Waals surface area contributed by atoms with E-state index in [-0.39, 0.29) is 11.7 Å². The SMILES string of the molecule is O=C(CN1CCCN(C(=S)Nc2ccc(F)cc2Br)CC1)Nc1ccccc1Cl. The van der Waals surface area contributed by atoms with Crippen molar-refractivity contribution in [2.24, 2.45) is 0 Å². The van der Waals surface area contributed by atoms with Gasteiger partial charge in [-0.25, -0.2) is 4.39 Å². The zero-order valence-electron chi connectivity index (χ0n) is 15.6. The van der Waals surface area contributed by atoms with Crippen molar-refractivity contribution in [2.75, 3.05) is 43.4 Å². The Bertz CT molecular complexity index is 901. The molecule has 0 bridgehead atoms. The second-order valence-electron chi connectivity index (χ2n) is 6.70. The predicted molar refractivity (Wildman–Crippen MR) is 123 cm³/mol. The lowest BCUT2D eigenvalue weighted by Crippen LogP contribution is -2.39. The molecule has 0 saturated carbocycles. The van der Waals surface area contributed by atoms with Gasteiger partial charge in [0.25, 0.3) is 0 Å². The van der Waals surface area contributed by atoms with Gasteiger partial charge in [-0.05, 0) is 64.9 Å². The molecule has 3 rings (SSSR count). The van der Waals surface area contributed by atoms with Crippen molar-refractivity contribution < 1.29 is 9.18 Å². The monoisotopic (exact) mass is 498 g/mol. The molecule has 5 nitrogen and oxygen atoms in total. The number of anilines is 2. The maximum absolute atomic E-state index is 13.3. The zero-order chi connectivity index (χ0) is 20.8. The first-order valence-electron chi connectivity index (χ1n) is 9.20. The fraction of sp³-hybridized carbons (Fsp3) is 0.300. The van der Waals surface area contributed by atoms with E-state index in [4.69, 9.17) is 23.8 Å². The third-order valence-electron chi connectivity index (χ3n) is 4.56. The van der Waals surface area contributed by atoms with Crippen LogP contribution in [0.5, 0.6) is 0 Å². The molecule has 1 amide bonds. The van der Waals surface area contributed by atoms with Gasteiger partial charge < -0.3 is 15.5 Å². The Hall–Kier alpha value is -1.74. The number of carbonyl (C=O) groups is 1. The quantitative estimate of drug-likeness (QED) is 0.603. The van der Waals surface area contributed by atoms with Crippen molar-refractivity contribution in [2.45, 2.75) is 6.42 Å². The summed E-state index contributed by atoms with van der Waals surface area (Å²) in [5, 5.41) is 7.12. The minimum Gasteiger partial charge on any atom is -0.348 e. The first-order chi connectivity index (χ1) is 13.9. The highest BCUT2D eigenvalue weighted by Crippen LogP contribution is 2.24. The molecule has 0 unspecified atom stereocenters. The fourth-order valence-electron chi connectivity index (χ4n) is 3.07. The molecule has 29 heavy (non-hydrogen) atoms. The Kier molecular flexibility index (Phi) is 7.83. The molecule has 1 aliphatic heterocycles. The van der Waals surface area contributed by atoms with Crippen molar-refractivity contribution in [3.05, 3.63) is 57.8 Å². The van der Waals surface area contributed by atoms with Gasteiger partial charge in [0.2, 0.25) is 5.91 Å². The lowest BCUT2D eigenvalue weighted by Gasteiger charge is -2.25. The minimum absolute atomic E-state index is 0.0949. The summed E-state index contributed by atoms with van der Waals surface area (Å²) < 4.78 is 13.9. The molecule has 1 aliphatic rings. The summed E-state index contributed by atoms with van der Waals surface area (Å²) in [6.45, 7) is 3.29. The highest BCUT2D eigenvalue weighted by atomic mass is 79.9. The van der Waals surface area contributed by atoms with Crippen molar-refractivity contribution in [1.82, 2.24) is 9.80 Å². The Labute approximate surface area is 188 Å². The number of rotatable bonds is 4. The number of carbonyl (C=O) groups excluding carboxylic acids is 1. The molecule has 1 saturated heterocycles. The van der Waals surface area contributed by atoms with Crippen molar-refractivity contribution in [3.63, 3.8) is 0 Å². The molecule has 9 heteroatoms. The molecule has 1 fully saturated rings. The number of thiocarbonyl (C=S) groups is 1. The van der Waals surface area contributed by atoms with Crippen LogP contribution < -0.4 is 10.6 Å². The van der Waals surface area contributed by atoms with Crippen LogP contribution in [0.15, 0.2) is 46.9 Å². The smallest absolute Gasteiger partial charge is 0.238 e. The van der Waals surface area contributed by atoms with E-state index in [1.165, 1.54) is 12.1 Å². The van der Waals surface area contributed by atoms with E-state index in [2.05, 4.69) is 36.4 Å².